The molecule has 0 aliphatic heterocycles. The molecule has 1 aliphatic rings. The topological polar surface area (TPSA) is 0 Å². The van der Waals surface area contributed by atoms with Crippen molar-refractivity contribution in [1.82, 2.24) is 0 Å². The Morgan fingerprint density at radius 1 is 1.60 bits per heavy atom. The molecule has 0 spiro atoms. The molecule has 2 unspecified atom stereocenters. The summed E-state index contributed by atoms with van der Waals surface area (Å²) in [4.78, 5) is 0. The lowest BCUT2D eigenvalue weighted by Gasteiger charge is -1.95. The second-order valence-corrected chi connectivity index (χ2v) is 3.64. The highest BCUT2D eigenvalue weighted by molar-refractivity contribution is 5.07. The Bertz CT molecular complexity index is 133. The molecule has 0 heterocycles. The van der Waals surface area contributed by atoms with Crippen molar-refractivity contribution in [3.63, 3.8) is 0 Å². The standard InChI is InChI=1S/C10H18/c1-4-5-8(2)6-10-7-9(10)3/h6,9-10H,4-5,7H2,1-3H3. The van der Waals surface area contributed by atoms with Crippen LogP contribution in [-0.4, -0.2) is 0 Å². The van der Waals surface area contributed by atoms with E-state index < -0.39 is 0 Å². The molecular formula is C10H18. The maximum absolute atomic E-state index is 2.47. The van der Waals surface area contributed by atoms with E-state index in [1.165, 1.54) is 19.3 Å². The molecule has 1 rings (SSSR count). The third kappa shape index (κ3) is 2.17. The summed E-state index contributed by atoms with van der Waals surface area (Å²) < 4.78 is 0. The molecular weight excluding hydrogens is 120 g/mol. The van der Waals surface area contributed by atoms with E-state index >= 15 is 0 Å². The Labute approximate surface area is 64.3 Å². The van der Waals surface area contributed by atoms with Gasteiger partial charge in [0.1, 0.15) is 0 Å². The van der Waals surface area contributed by atoms with Crippen LogP contribution in [0.3, 0.4) is 0 Å². The molecule has 0 saturated heterocycles. The Morgan fingerprint density at radius 3 is 2.60 bits per heavy atom. The first-order chi connectivity index (χ1) is 4.74. The molecule has 10 heavy (non-hydrogen) atoms. The minimum absolute atomic E-state index is 0.937. The van der Waals surface area contributed by atoms with E-state index in [0.29, 0.717) is 0 Å². The molecule has 0 aromatic rings. The van der Waals surface area contributed by atoms with Crippen molar-refractivity contribution in [3.05, 3.63) is 11.6 Å². The average Bonchev–Trinajstić information content (AvgIpc) is 2.47. The highest BCUT2D eigenvalue weighted by Crippen LogP contribution is 2.39. The molecule has 1 saturated carbocycles. The second-order valence-electron chi connectivity index (χ2n) is 3.64. The van der Waals surface area contributed by atoms with Gasteiger partial charge in [0, 0.05) is 0 Å². The van der Waals surface area contributed by atoms with Crippen molar-refractivity contribution in [2.24, 2.45) is 11.8 Å². The van der Waals surface area contributed by atoms with Crippen LogP contribution in [0, 0.1) is 11.8 Å². The number of rotatable bonds is 3. The Hall–Kier alpha value is -0.260. The summed E-state index contributed by atoms with van der Waals surface area (Å²) in [5, 5.41) is 0. The normalized spacial score (nSPS) is 32.5. The Kier molecular flexibility index (Phi) is 2.53. The maximum atomic E-state index is 2.47. The molecule has 0 bridgehead atoms. The van der Waals surface area contributed by atoms with Crippen LogP contribution in [0.1, 0.15) is 40.0 Å². The van der Waals surface area contributed by atoms with Crippen molar-refractivity contribution in [2.45, 2.75) is 40.0 Å². The van der Waals surface area contributed by atoms with E-state index in [9.17, 15) is 0 Å². The molecule has 2 atom stereocenters. The predicted octanol–water partition coefficient (Wildman–Crippen LogP) is 3.39. The summed E-state index contributed by atoms with van der Waals surface area (Å²) >= 11 is 0. The summed E-state index contributed by atoms with van der Waals surface area (Å²) in [5.74, 6) is 1.92. The minimum atomic E-state index is 0.937. The van der Waals surface area contributed by atoms with Crippen molar-refractivity contribution >= 4 is 0 Å². The Morgan fingerprint density at radius 2 is 2.20 bits per heavy atom. The van der Waals surface area contributed by atoms with Gasteiger partial charge in [-0.2, -0.15) is 0 Å². The van der Waals surface area contributed by atoms with Crippen molar-refractivity contribution < 1.29 is 0 Å². The van der Waals surface area contributed by atoms with E-state index in [1.54, 1.807) is 5.57 Å². The van der Waals surface area contributed by atoms with Gasteiger partial charge in [-0.3, -0.25) is 0 Å². The molecule has 0 aromatic heterocycles. The SMILES string of the molecule is CCCC(C)=CC1CC1C. The van der Waals surface area contributed by atoms with Gasteiger partial charge in [-0.1, -0.05) is 31.9 Å². The van der Waals surface area contributed by atoms with Crippen LogP contribution in [0.5, 0.6) is 0 Å². The van der Waals surface area contributed by atoms with Crippen LogP contribution >= 0.6 is 0 Å². The first kappa shape index (κ1) is 7.84. The third-order valence-electron chi connectivity index (χ3n) is 2.31. The zero-order valence-corrected chi connectivity index (χ0v) is 7.35. The van der Waals surface area contributed by atoms with E-state index in [0.717, 1.165) is 11.8 Å². The zero-order valence-electron chi connectivity index (χ0n) is 7.35. The van der Waals surface area contributed by atoms with Crippen molar-refractivity contribution in [1.29, 1.82) is 0 Å². The average molecular weight is 138 g/mol. The van der Waals surface area contributed by atoms with Crippen LogP contribution in [-0.2, 0) is 0 Å². The molecule has 0 heteroatoms. The van der Waals surface area contributed by atoms with Gasteiger partial charge in [-0.05, 0) is 31.6 Å². The third-order valence-corrected chi connectivity index (χ3v) is 2.31. The fourth-order valence-corrected chi connectivity index (χ4v) is 1.43. The fourth-order valence-electron chi connectivity index (χ4n) is 1.43. The summed E-state index contributed by atoms with van der Waals surface area (Å²) in [6.45, 7) is 6.84. The lowest BCUT2D eigenvalue weighted by molar-refractivity contribution is 0.855. The number of allylic oxidation sites excluding steroid dienone is 2. The van der Waals surface area contributed by atoms with Crippen LogP contribution < -0.4 is 0 Å². The van der Waals surface area contributed by atoms with E-state index in [4.69, 9.17) is 0 Å². The smallest absolute Gasteiger partial charge is 0.0202 e. The summed E-state index contributed by atoms with van der Waals surface area (Å²) in [5.41, 5.74) is 1.59. The van der Waals surface area contributed by atoms with Gasteiger partial charge in [0.05, 0.1) is 0 Å². The highest BCUT2D eigenvalue weighted by atomic mass is 14.3. The summed E-state index contributed by atoms with van der Waals surface area (Å²) in [6.07, 6.45) is 6.49. The molecule has 0 aromatic carbocycles. The Balaban J connectivity index is 2.25. The predicted molar refractivity (Wildman–Crippen MR) is 45.9 cm³/mol. The molecule has 0 N–H and O–H groups in total. The first-order valence-corrected chi connectivity index (χ1v) is 4.41. The van der Waals surface area contributed by atoms with Gasteiger partial charge >= 0.3 is 0 Å². The minimum Gasteiger partial charge on any atom is -0.0822 e. The van der Waals surface area contributed by atoms with Gasteiger partial charge in [-0.25, -0.2) is 0 Å². The van der Waals surface area contributed by atoms with Gasteiger partial charge < -0.3 is 0 Å². The zero-order chi connectivity index (χ0) is 7.56. The molecule has 0 radical (unpaired) electrons. The lowest BCUT2D eigenvalue weighted by atomic mass is 10.1. The van der Waals surface area contributed by atoms with Crippen molar-refractivity contribution in [3.8, 4) is 0 Å². The molecule has 1 aliphatic carbocycles. The molecule has 58 valence electrons. The lowest BCUT2D eigenvalue weighted by Crippen LogP contribution is -1.77. The second kappa shape index (κ2) is 3.23. The van der Waals surface area contributed by atoms with E-state index in [-0.39, 0.29) is 0 Å². The van der Waals surface area contributed by atoms with Crippen molar-refractivity contribution in [2.75, 3.05) is 0 Å². The summed E-state index contributed by atoms with van der Waals surface area (Å²) in [7, 11) is 0. The molecule has 1 fully saturated rings. The van der Waals surface area contributed by atoms with E-state index in [1.807, 2.05) is 0 Å². The molecule has 0 nitrogen and oxygen atoms in total. The van der Waals surface area contributed by atoms with Crippen LogP contribution in [0.2, 0.25) is 0 Å². The van der Waals surface area contributed by atoms with Gasteiger partial charge in [0.25, 0.3) is 0 Å². The fraction of sp³-hybridized carbons (Fsp3) is 0.800. The number of hydrogen-bond acceptors (Lipinski definition) is 0. The van der Waals surface area contributed by atoms with Gasteiger partial charge in [0.2, 0.25) is 0 Å². The first-order valence-electron chi connectivity index (χ1n) is 4.41. The summed E-state index contributed by atoms with van der Waals surface area (Å²) in [6, 6.07) is 0. The largest absolute Gasteiger partial charge is 0.0822 e. The van der Waals surface area contributed by atoms with Crippen LogP contribution in [0.25, 0.3) is 0 Å². The van der Waals surface area contributed by atoms with E-state index in [2.05, 4.69) is 26.8 Å². The van der Waals surface area contributed by atoms with Gasteiger partial charge in [-0.15, -0.1) is 0 Å². The highest BCUT2D eigenvalue weighted by Gasteiger charge is 2.29. The monoisotopic (exact) mass is 138 g/mol. The number of hydrogen-bond donors (Lipinski definition) is 0. The quantitative estimate of drug-likeness (QED) is 0.524. The van der Waals surface area contributed by atoms with Crippen LogP contribution in [0.4, 0.5) is 0 Å². The van der Waals surface area contributed by atoms with Gasteiger partial charge in [0.15, 0.2) is 0 Å². The maximum Gasteiger partial charge on any atom is -0.0202 e. The van der Waals surface area contributed by atoms with Crippen LogP contribution in [0.15, 0.2) is 11.6 Å². The molecule has 0 amide bonds.